The first-order valence-corrected chi connectivity index (χ1v) is 11.2. The predicted octanol–water partition coefficient (Wildman–Crippen LogP) is 8.72. The average molecular weight is 417 g/mol. The number of carbonyl (C=O) groups is 1. The molecule has 0 unspecified atom stereocenters. The Bertz CT molecular complexity index is 887. The van der Waals surface area contributed by atoms with E-state index in [0.717, 1.165) is 17.4 Å². The Morgan fingerprint density at radius 3 is 1.74 bits per heavy atom. The van der Waals surface area contributed by atoms with Crippen molar-refractivity contribution in [1.82, 2.24) is 0 Å². The van der Waals surface area contributed by atoms with Crippen LogP contribution < -0.4 is 0 Å². The topological polar surface area (TPSA) is 17.1 Å². The number of carbonyl (C=O) groups excluding carboxylic acids is 1. The van der Waals surface area contributed by atoms with Crippen molar-refractivity contribution in [3.8, 4) is 0 Å². The van der Waals surface area contributed by atoms with Crippen LogP contribution in [0.25, 0.3) is 0 Å². The summed E-state index contributed by atoms with van der Waals surface area (Å²) in [6.45, 7) is 15.1. The highest BCUT2D eigenvalue weighted by Crippen LogP contribution is 2.40. The molecule has 0 spiro atoms. The van der Waals surface area contributed by atoms with Crippen LogP contribution in [0.5, 0.6) is 0 Å². The third kappa shape index (κ3) is 10.8. The molecule has 0 aromatic carbocycles. The Labute approximate surface area is 190 Å². The molecule has 31 heavy (non-hydrogen) atoms. The second-order valence-electron chi connectivity index (χ2n) is 9.13. The normalized spacial score (nSPS) is 19.6. The maximum Gasteiger partial charge on any atom is 0.145 e. The zero-order valence-electron chi connectivity index (χ0n) is 20.5. The predicted molar refractivity (Wildman–Crippen MR) is 138 cm³/mol. The molecule has 0 atom stereocenters. The van der Waals surface area contributed by atoms with Crippen LogP contribution in [-0.4, -0.2) is 6.29 Å². The zero-order chi connectivity index (χ0) is 23.3. The molecular formula is C30H40O. The largest absolute Gasteiger partial charge is 0.298 e. The van der Waals surface area contributed by atoms with Crippen LogP contribution >= 0.6 is 0 Å². The molecule has 0 N–H and O–H groups in total. The molecule has 0 saturated carbocycles. The monoisotopic (exact) mass is 416 g/mol. The summed E-state index contributed by atoms with van der Waals surface area (Å²) in [4.78, 5) is 10.6. The van der Waals surface area contributed by atoms with E-state index in [1.54, 1.807) is 6.92 Å². The average Bonchev–Trinajstić information content (AvgIpc) is 2.70. The Hall–Kier alpha value is -2.67. The molecule has 1 aliphatic rings. The Balaban J connectivity index is 2.65. The third-order valence-corrected chi connectivity index (χ3v) is 5.51. The van der Waals surface area contributed by atoms with Crippen molar-refractivity contribution in [2.45, 2.75) is 67.7 Å². The number of allylic oxidation sites excluding steroid dienone is 18. The second kappa shape index (κ2) is 13.6. The highest BCUT2D eigenvalue weighted by Gasteiger charge is 2.26. The number of hydrogen-bond acceptors (Lipinski definition) is 1. The second-order valence-corrected chi connectivity index (χ2v) is 9.13. The van der Waals surface area contributed by atoms with Crippen LogP contribution in [0.4, 0.5) is 0 Å². The van der Waals surface area contributed by atoms with Crippen molar-refractivity contribution in [3.63, 3.8) is 0 Å². The van der Waals surface area contributed by atoms with Gasteiger partial charge in [-0.15, -0.1) is 0 Å². The van der Waals surface area contributed by atoms with Gasteiger partial charge in [-0.1, -0.05) is 109 Å². The van der Waals surface area contributed by atoms with Crippen LogP contribution in [0.2, 0.25) is 0 Å². The minimum atomic E-state index is 0.286. The summed E-state index contributed by atoms with van der Waals surface area (Å²) in [5, 5.41) is 0. The molecule has 1 aliphatic carbocycles. The lowest BCUT2D eigenvalue weighted by atomic mass is 9.72. The summed E-state index contributed by atoms with van der Waals surface area (Å²) in [6.07, 6.45) is 29.5. The molecule has 166 valence electrons. The van der Waals surface area contributed by atoms with Crippen molar-refractivity contribution in [1.29, 1.82) is 0 Å². The first kappa shape index (κ1) is 26.4. The molecule has 0 aliphatic heterocycles. The number of aldehydes is 1. The third-order valence-electron chi connectivity index (χ3n) is 5.51. The summed E-state index contributed by atoms with van der Waals surface area (Å²) in [5.74, 6) is 0. The van der Waals surface area contributed by atoms with Crippen molar-refractivity contribution in [2.75, 3.05) is 0 Å². The molecule has 0 aromatic rings. The van der Waals surface area contributed by atoms with Gasteiger partial charge in [-0.3, -0.25) is 4.79 Å². The van der Waals surface area contributed by atoms with Crippen LogP contribution in [0, 0.1) is 5.41 Å². The highest BCUT2D eigenvalue weighted by molar-refractivity contribution is 5.72. The van der Waals surface area contributed by atoms with Gasteiger partial charge in [-0.05, 0) is 70.4 Å². The summed E-state index contributed by atoms with van der Waals surface area (Å²) >= 11 is 0. The fourth-order valence-electron chi connectivity index (χ4n) is 3.55. The van der Waals surface area contributed by atoms with Gasteiger partial charge < -0.3 is 0 Å². The molecule has 1 heteroatoms. The van der Waals surface area contributed by atoms with E-state index >= 15 is 0 Å². The maximum atomic E-state index is 10.6. The first-order valence-electron chi connectivity index (χ1n) is 11.2. The lowest BCUT2D eigenvalue weighted by molar-refractivity contribution is -0.104. The van der Waals surface area contributed by atoms with Crippen molar-refractivity contribution in [3.05, 3.63) is 106 Å². The van der Waals surface area contributed by atoms with Gasteiger partial charge in [0.2, 0.25) is 0 Å². The van der Waals surface area contributed by atoms with Crippen LogP contribution in [0.1, 0.15) is 67.7 Å². The highest BCUT2D eigenvalue weighted by atomic mass is 16.1. The molecule has 1 rings (SSSR count). The number of hydrogen-bond donors (Lipinski definition) is 0. The van der Waals surface area contributed by atoms with Gasteiger partial charge in [0.25, 0.3) is 0 Å². The van der Waals surface area contributed by atoms with Crippen molar-refractivity contribution >= 4 is 6.29 Å². The number of rotatable bonds is 9. The van der Waals surface area contributed by atoms with E-state index in [9.17, 15) is 4.79 Å². The van der Waals surface area contributed by atoms with Gasteiger partial charge in [0.15, 0.2) is 0 Å². The molecule has 0 amide bonds. The van der Waals surface area contributed by atoms with E-state index in [1.807, 2.05) is 43.4 Å². The summed E-state index contributed by atoms with van der Waals surface area (Å²) in [7, 11) is 0. The van der Waals surface area contributed by atoms with Crippen molar-refractivity contribution < 1.29 is 4.79 Å². The zero-order valence-corrected chi connectivity index (χ0v) is 20.5. The lowest BCUT2D eigenvalue weighted by Gasteiger charge is -2.32. The molecule has 0 fully saturated rings. The Morgan fingerprint density at radius 1 is 0.742 bits per heavy atom. The lowest BCUT2D eigenvalue weighted by Crippen LogP contribution is -2.19. The molecule has 0 heterocycles. The van der Waals surface area contributed by atoms with E-state index in [-0.39, 0.29) is 5.41 Å². The van der Waals surface area contributed by atoms with E-state index in [4.69, 9.17) is 0 Å². The molecule has 0 bridgehead atoms. The van der Waals surface area contributed by atoms with Gasteiger partial charge >= 0.3 is 0 Å². The van der Waals surface area contributed by atoms with Crippen LogP contribution in [0.3, 0.4) is 0 Å². The summed E-state index contributed by atoms with van der Waals surface area (Å²) < 4.78 is 0. The summed E-state index contributed by atoms with van der Waals surface area (Å²) in [6, 6.07) is 0. The quantitative estimate of drug-likeness (QED) is 0.209. The first-order chi connectivity index (χ1) is 14.7. The molecule has 0 aromatic heterocycles. The van der Waals surface area contributed by atoms with Gasteiger partial charge in [-0.25, -0.2) is 0 Å². The van der Waals surface area contributed by atoms with E-state index in [2.05, 4.69) is 71.1 Å². The fourth-order valence-corrected chi connectivity index (χ4v) is 3.55. The minimum absolute atomic E-state index is 0.286. The van der Waals surface area contributed by atoms with Gasteiger partial charge in [0.1, 0.15) is 6.29 Å². The SMILES string of the molecule is CC1=C(/C=C/C(C)=C\C=C\C(C)=C/C=C/C=C(C)/C=C/C=C(\C)C=O)C(C)(C)CCC1. The standard InChI is InChI=1S/C30H40O/c1-24(13-8-9-14-25(2)16-11-18-27(4)23-31)15-10-17-26(3)20-21-29-28(5)19-12-22-30(29,6)7/h8-11,13-18,20-21,23H,12,19,22H2,1-7H3/b9-8+,15-10+,16-11+,21-20+,24-13-,25-14+,26-17-,27-18+. The molecule has 1 nitrogen and oxygen atoms in total. The van der Waals surface area contributed by atoms with Gasteiger partial charge in [-0.2, -0.15) is 0 Å². The smallest absolute Gasteiger partial charge is 0.145 e. The maximum absolute atomic E-state index is 10.6. The fraction of sp³-hybridized carbons (Fsp3) is 0.367. The molecule has 0 radical (unpaired) electrons. The molecule has 0 saturated heterocycles. The minimum Gasteiger partial charge on any atom is -0.298 e. The van der Waals surface area contributed by atoms with E-state index in [1.165, 1.54) is 41.6 Å². The van der Waals surface area contributed by atoms with Crippen LogP contribution in [0.15, 0.2) is 106 Å². The van der Waals surface area contributed by atoms with Crippen molar-refractivity contribution in [2.24, 2.45) is 5.41 Å². The molecular weight excluding hydrogens is 376 g/mol. The Morgan fingerprint density at radius 2 is 1.23 bits per heavy atom. The Kier molecular flexibility index (Phi) is 11.6. The van der Waals surface area contributed by atoms with E-state index in [0.29, 0.717) is 0 Å². The summed E-state index contributed by atoms with van der Waals surface area (Å²) in [5.41, 5.74) is 7.62. The van der Waals surface area contributed by atoms with Gasteiger partial charge in [0, 0.05) is 0 Å². The van der Waals surface area contributed by atoms with Gasteiger partial charge in [0.05, 0.1) is 0 Å². The van der Waals surface area contributed by atoms with Crippen LogP contribution in [-0.2, 0) is 4.79 Å². The van der Waals surface area contributed by atoms with E-state index < -0.39 is 0 Å².